The van der Waals surface area contributed by atoms with Crippen molar-refractivity contribution in [3.8, 4) is 0 Å². The first-order valence-electron chi connectivity index (χ1n) is 7.71. The van der Waals surface area contributed by atoms with Crippen LogP contribution in [0.1, 0.15) is 52.4 Å². The minimum atomic E-state index is -0.0408. The molecule has 0 radical (unpaired) electrons. The molecule has 0 aromatic carbocycles. The normalized spacial score (nSPS) is 31.6. The summed E-state index contributed by atoms with van der Waals surface area (Å²) >= 11 is 0. The first kappa shape index (κ1) is 13.9. The fourth-order valence-corrected chi connectivity index (χ4v) is 3.59. The Hall–Kier alpha value is -0.570. The SMILES string of the molecule is CCCCNC(=O)C(C)NCC1CC2CCC1C2. The Balaban J connectivity index is 1.62. The fraction of sp³-hybridized carbons (Fsp3) is 0.933. The van der Waals surface area contributed by atoms with Gasteiger partial charge in [0.15, 0.2) is 0 Å². The van der Waals surface area contributed by atoms with Gasteiger partial charge in [-0.05, 0) is 56.9 Å². The van der Waals surface area contributed by atoms with Crippen LogP contribution < -0.4 is 10.6 Å². The second kappa shape index (κ2) is 6.55. The maximum Gasteiger partial charge on any atom is 0.236 e. The average Bonchev–Trinajstić information content (AvgIpc) is 2.98. The summed E-state index contributed by atoms with van der Waals surface area (Å²) in [5.41, 5.74) is 0. The largest absolute Gasteiger partial charge is 0.355 e. The maximum absolute atomic E-state index is 11.8. The van der Waals surface area contributed by atoms with E-state index >= 15 is 0 Å². The molecule has 2 fully saturated rings. The van der Waals surface area contributed by atoms with E-state index in [2.05, 4.69) is 17.6 Å². The molecule has 0 aromatic rings. The number of fused-ring (bicyclic) bond motifs is 2. The van der Waals surface area contributed by atoms with Crippen molar-refractivity contribution in [1.82, 2.24) is 10.6 Å². The zero-order chi connectivity index (χ0) is 13.0. The molecule has 3 nitrogen and oxygen atoms in total. The second-order valence-electron chi connectivity index (χ2n) is 6.21. The summed E-state index contributed by atoms with van der Waals surface area (Å²) in [5.74, 6) is 2.93. The Morgan fingerprint density at radius 2 is 2.17 bits per heavy atom. The Morgan fingerprint density at radius 3 is 2.78 bits per heavy atom. The standard InChI is InChI=1S/C15H28N2O/c1-3-4-7-16-15(18)11(2)17-10-14-9-12-5-6-13(14)8-12/h11-14,17H,3-10H2,1-2H3,(H,16,18). The molecule has 2 N–H and O–H groups in total. The molecule has 104 valence electrons. The summed E-state index contributed by atoms with van der Waals surface area (Å²) < 4.78 is 0. The number of hydrogen-bond donors (Lipinski definition) is 2. The van der Waals surface area contributed by atoms with E-state index in [0.29, 0.717) is 0 Å². The Bertz CT molecular complexity index is 280. The molecule has 0 aliphatic heterocycles. The molecule has 3 heteroatoms. The van der Waals surface area contributed by atoms with Crippen LogP contribution in [0.25, 0.3) is 0 Å². The number of nitrogens with one attached hydrogen (secondary N) is 2. The van der Waals surface area contributed by atoms with Crippen molar-refractivity contribution in [1.29, 1.82) is 0 Å². The first-order chi connectivity index (χ1) is 8.70. The predicted molar refractivity (Wildman–Crippen MR) is 74.3 cm³/mol. The van der Waals surface area contributed by atoms with Crippen molar-refractivity contribution < 1.29 is 4.79 Å². The van der Waals surface area contributed by atoms with E-state index in [1.165, 1.54) is 25.7 Å². The van der Waals surface area contributed by atoms with Crippen LogP contribution in [0.15, 0.2) is 0 Å². The van der Waals surface area contributed by atoms with Gasteiger partial charge in [0.05, 0.1) is 6.04 Å². The molecule has 2 aliphatic rings. The Labute approximate surface area is 111 Å². The summed E-state index contributed by atoms with van der Waals surface area (Å²) in [6.07, 6.45) is 7.92. The quantitative estimate of drug-likeness (QED) is 0.683. The zero-order valence-electron chi connectivity index (χ0n) is 11.9. The second-order valence-corrected chi connectivity index (χ2v) is 6.21. The lowest BCUT2D eigenvalue weighted by Gasteiger charge is -2.23. The van der Waals surface area contributed by atoms with Gasteiger partial charge < -0.3 is 10.6 Å². The van der Waals surface area contributed by atoms with E-state index in [-0.39, 0.29) is 11.9 Å². The van der Waals surface area contributed by atoms with Crippen LogP contribution in [0.5, 0.6) is 0 Å². The Morgan fingerprint density at radius 1 is 1.33 bits per heavy atom. The summed E-state index contributed by atoms with van der Waals surface area (Å²) in [7, 11) is 0. The van der Waals surface area contributed by atoms with Gasteiger partial charge in [0.1, 0.15) is 0 Å². The fourth-order valence-electron chi connectivity index (χ4n) is 3.59. The molecule has 2 rings (SSSR count). The van der Waals surface area contributed by atoms with Gasteiger partial charge in [0.25, 0.3) is 0 Å². The van der Waals surface area contributed by atoms with Crippen LogP contribution in [-0.2, 0) is 4.79 Å². The first-order valence-corrected chi connectivity index (χ1v) is 7.71. The summed E-state index contributed by atoms with van der Waals surface area (Å²) in [6, 6.07) is -0.0408. The molecule has 4 atom stereocenters. The van der Waals surface area contributed by atoms with Crippen molar-refractivity contribution in [3.05, 3.63) is 0 Å². The third-order valence-corrected chi connectivity index (χ3v) is 4.79. The lowest BCUT2D eigenvalue weighted by atomic mass is 9.89. The molecule has 0 spiro atoms. The zero-order valence-corrected chi connectivity index (χ0v) is 11.9. The lowest BCUT2D eigenvalue weighted by Crippen LogP contribution is -2.44. The number of amides is 1. The average molecular weight is 252 g/mol. The minimum absolute atomic E-state index is 0.0408. The van der Waals surface area contributed by atoms with Gasteiger partial charge in [-0.1, -0.05) is 19.8 Å². The minimum Gasteiger partial charge on any atom is -0.355 e. The molecule has 2 bridgehead atoms. The van der Waals surface area contributed by atoms with Crippen LogP contribution in [0.2, 0.25) is 0 Å². The highest BCUT2D eigenvalue weighted by molar-refractivity contribution is 5.81. The van der Waals surface area contributed by atoms with Crippen molar-refractivity contribution >= 4 is 5.91 Å². The number of carbonyl (C=O) groups is 1. The highest BCUT2D eigenvalue weighted by Gasteiger charge is 2.39. The maximum atomic E-state index is 11.8. The third kappa shape index (κ3) is 3.47. The topological polar surface area (TPSA) is 41.1 Å². The van der Waals surface area contributed by atoms with E-state index < -0.39 is 0 Å². The molecule has 0 saturated heterocycles. The molecule has 4 unspecified atom stereocenters. The summed E-state index contributed by atoms with van der Waals surface area (Å²) in [5, 5.41) is 6.42. The van der Waals surface area contributed by atoms with Crippen molar-refractivity contribution in [2.24, 2.45) is 17.8 Å². The molecule has 0 aromatic heterocycles. The van der Waals surface area contributed by atoms with E-state index in [1.807, 2.05) is 6.92 Å². The molecule has 18 heavy (non-hydrogen) atoms. The van der Waals surface area contributed by atoms with Gasteiger partial charge in [-0.3, -0.25) is 4.79 Å². The Kier molecular flexibility index (Phi) is 5.04. The van der Waals surface area contributed by atoms with E-state index in [9.17, 15) is 4.79 Å². The van der Waals surface area contributed by atoms with Crippen molar-refractivity contribution in [3.63, 3.8) is 0 Å². The van der Waals surface area contributed by atoms with Gasteiger partial charge in [-0.25, -0.2) is 0 Å². The smallest absolute Gasteiger partial charge is 0.236 e. The van der Waals surface area contributed by atoms with Gasteiger partial charge in [-0.2, -0.15) is 0 Å². The number of hydrogen-bond acceptors (Lipinski definition) is 2. The highest BCUT2D eigenvalue weighted by atomic mass is 16.2. The molecule has 2 aliphatic carbocycles. The molecule has 0 heterocycles. The van der Waals surface area contributed by atoms with Crippen molar-refractivity contribution in [2.45, 2.75) is 58.4 Å². The van der Waals surface area contributed by atoms with Crippen LogP contribution >= 0.6 is 0 Å². The number of carbonyl (C=O) groups excluding carboxylic acids is 1. The number of rotatable bonds is 7. The van der Waals surface area contributed by atoms with E-state index in [0.717, 1.165) is 43.7 Å². The highest BCUT2D eigenvalue weighted by Crippen LogP contribution is 2.47. The van der Waals surface area contributed by atoms with Crippen LogP contribution in [0, 0.1) is 17.8 Å². The number of unbranched alkanes of at least 4 members (excludes halogenated alkanes) is 1. The molecule has 1 amide bonds. The molecular weight excluding hydrogens is 224 g/mol. The van der Waals surface area contributed by atoms with E-state index in [4.69, 9.17) is 0 Å². The van der Waals surface area contributed by atoms with Crippen LogP contribution in [0.4, 0.5) is 0 Å². The van der Waals surface area contributed by atoms with E-state index in [1.54, 1.807) is 0 Å². The van der Waals surface area contributed by atoms with Crippen LogP contribution in [-0.4, -0.2) is 25.0 Å². The lowest BCUT2D eigenvalue weighted by molar-refractivity contribution is -0.122. The predicted octanol–water partition coefficient (Wildman–Crippen LogP) is 2.32. The summed E-state index contributed by atoms with van der Waals surface area (Å²) in [6.45, 7) is 5.97. The third-order valence-electron chi connectivity index (χ3n) is 4.79. The molecule has 2 saturated carbocycles. The summed E-state index contributed by atoms with van der Waals surface area (Å²) in [4.78, 5) is 11.8. The van der Waals surface area contributed by atoms with Gasteiger partial charge >= 0.3 is 0 Å². The van der Waals surface area contributed by atoms with Crippen molar-refractivity contribution in [2.75, 3.05) is 13.1 Å². The van der Waals surface area contributed by atoms with Gasteiger partial charge in [-0.15, -0.1) is 0 Å². The van der Waals surface area contributed by atoms with Gasteiger partial charge in [0, 0.05) is 6.54 Å². The van der Waals surface area contributed by atoms with Gasteiger partial charge in [0.2, 0.25) is 5.91 Å². The monoisotopic (exact) mass is 252 g/mol. The van der Waals surface area contributed by atoms with Crippen LogP contribution in [0.3, 0.4) is 0 Å². The molecular formula is C15H28N2O.